The third-order valence-electron chi connectivity index (χ3n) is 2.37. The largest absolute Gasteiger partial charge is 0.311 e. The van der Waals surface area contributed by atoms with Gasteiger partial charge in [0.15, 0.2) is 0 Å². The third-order valence-corrected chi connectivity index (χ3v) is 3.07. The van der Waals surface area contributed by atoms with E-state index < -0.39 is 0 Å². The van der Waals surface area contributed by atoms with E-state index in [1.54, 1.807) is 12.4 Å². The summed E-state index contributed by atoms with van der Waals surface area (Å²) >= 11 is 1.94. The van der Waals surface area contributed by atoms with Gasteiger partial charge < -0.3 is 5.32 Å². The van der Waals surface area contributed by atoms with Gasteiger partial charge in [0.1, 0.15) is 0 Å². The Kier molecular flexibility index (Phi) is 8.08. The maximum atomic E-state index is 4.21. The zero-order valence-corrected chi connectivity index (χ0v) is 10.8. The molecule has 0 bridgehead atoms. The molecular weight excluding hydrogens is 218 g/mol. The molecule has 0 saturated heterocycles. The summed E-state index contributed by atoms with van der Waals surface area (Å²) in [5, 5.41) is 3.38. The summed E-state index contributed by atoms with van der Waals surface area (Å²) < 4.78 is 0. The van der Waals surface area contributed by atoms with Crippen molar-refractivity contribution in [3.63, 3.8) is 0 Å². The van der Waals surface area contributed by atoms with E-state index in [1.165, 1.54) is 31.4 Å². The molecule has 0 amide bonds. The summed E-state index contributed by atoms with van der Waals surface area (Å²) in [4.78, 5) is 8.24. The monoisotopic (exact) mass is 239 g/mol. The molecule has 0 spiro atoms. The first kappa shape index (κ1) is 13.5. The highest BCUT2D eigenvalue weighted by Gasteiger charge is 1.93. The number of rotatable bonds is 9. The summed E-state index contributed by atoms with van der Waals surface area (Å²) in [7, 11) is 0. The molecule has 3 nitrogen and oxygen atoms in total. The van der Waals surface area contributed by atoms with Crippen LogP contribution in [-0.4, -0.2) is 28.5 Å². The van der Waals surface area contributed by atoms with Gasteiger partial charge in [-0.3, -0.25) is 9.97 Å². The SMILES string of the molecule is CSCCCCCCNCc1cnccn1. The molecule has 0 fully saturated rings. The second-order valence-electron chi connectivity index (χ2n) is 3.78. The van der Waals surface area contributed by atoms with Crippen molar-refractivity contribution < 1.29 is 0 Å². The molecule has 1 aromatic heterocycles. The maximum Gasteiger partial charge on any atom is 0.0724 e. The molecule has 1 aromatic rings. The summed E-state index contributed by atoms with van der Waals surface area (Å²) in [5.41, 5.74) is 1.02. The normalized spacial score (nSPS) is 10.6. The van der Waals surface area contributed by atoms with Gasteiger partial charge in [-0.15, -0.1) is 0 Å². The van der Waals surface area contributed by atoms with Crippen LogP contribution < -0.4 is 5.32 Å². The van der Waals surface area contributed by atoms with E-state index in [0.717, 1.165) is 18.8 Å². The van der Waals surface area contributed by atoms with Crippen LogP contribution in [0.25, 0.3) is 0 Å². The van der Waals surface area contributed by atoms with Gasteiger partial charge in [0.2, 0.25) is 0 Å². The topological polar surface area (TPSA) is 37.8 Å². The second-order valence-corrected chi connectivity index (χ2v) is 4.77. The first-order valence-electron chi connectivity index (χ1n) is 5.88. The number of nitrogens with one attached hydrogen (secondary N) is 1. The average molecular weight is 239 g/mol. The molecule has 0 aliphatic heterocycles. The average Bonchev–Trinajstić information content (AvgIpc) is 2.34. The lowest BCUT2D eigenvalue weighted by molar-refractivity contribution is 0.594. The van der Waals surface area contributed by atoms with Crippen LogP contribution in [0, 0.1) is 0 Å². The van der Waals surface area contributed by atoms with E-state index >= 15 is 0 Å². The minimum atomic E-state index is 0.832. The highest BCUT2D eigenvalue weighted by Crippen LogP contribution is 2.03. The minimum Gasteiger partial charge on any atom is -0.311 e. The zero-order chi connectivity index (χ0) is 11.5. The molecule has 90 valence electrons. The molecule has 16 heavy (non-hydrogen) atoms. The van der Waals surface area contributed by atoms with Crippen LogP contribution in [0.4, 0.5) is 0 Å². The Morgan fingerprint density at radius 2 is 2.06 bits per heavy atom. The Balaban J connectivity index is 1.89. The lowest BCUT2D eigenvalue weighted by Crippen LogP contribution is -2.15. The molecule has 1 N–H and O–H groups in total. The summed E-state index contributed by atoms with van der Waals surface area (Å²) in [6, 6.07) is 0. The van der Waals surface area contributed by atoms with E-state index in [1.807, 2.05) is 18.0 Å². The van der Waals surface area contributed by atoms with E-state index in [2.05, 4.69) is 21.5 Å². The van der Waals surface area contributed by atoms with E-state index in [4.69, 9.17) is 0 Å². The van der Waals surface area contributed by atoms with Gasteiger partial charge in [0.25, 0.3) is 0 Å². The zero-order valence-electron chi connectivity index (χ0n) is 9.98. The van der Waals surface area contributed by atoms with Crippen molar-refractivity contribution in [1.82, 2.24) is 15.3 Å². The van der Waals surface area contributed by atoms with Gasteiger partial charge in [-0.2, -0.15) is 11.8 Å². The van der Waals surface area contributed by atoms with Crippen molar-refractivity contribution in [3.8, 4) is 0 Å². The molecule has 1 heterocycles. The lowest BCUT2D eigenvalue weighted by atomic mass is 10.2. The highest BCUT2D eigenvalue weighted by molar-refractivity contribution is 7.98. The first-order chi connectivity index (χ1) is 7.93. The molecule has 0 atom stereocenters. The fourth-order valence-corrected chi connectivity index (χ4v) is 1.98. The van der Waals surface area contributed by atoms with Gasteiger partial charge in [0, 0.05) is 25.1 Å². The molecule has 1 rings (SSSR count). The molecule has 0 radical (unpaired) electrons. The number of aromatic nitrogens is 2. The fraction of sp³-hybridized carbons (Fsp3) is 0.667. The van der Waals surface area contributed by atoms with Crippen molar-refractivity contribution in [3.05, 3.63) is 24.3 Å². The number of nitrogens with zero attached hydrogens (tertiary/aromatic N) is 2. The molecule has 0 aromatic carbocycles. The Morgan fingerprint density at radius 1 is 1.19 bits per heavy atom. The first-order valence-corrected chi connectivity index (χ1v) is 7.27. The maximum absolute atomic E-state index is 4.21. The molecule has 4 heteroatoms. The highest BCUT2D eigenvalue weighted by atomic mass is 32.2. The molecular formula is C12H21N3S. The quantitative estimate of drug-likeness (QED) is 0.672. The second kappa shape index (κ2) is 9.60. The van der Waals surface area contributed by atoms with Gasteiger partial charge in [-0.1, -0.05) is 12.8 Å². The Hall–Kier alpha value is -0.610. The predicted octanol–water partition coefficient (Wildman–Crippen LogP) is 2.49. The van der Waals surface area contributed by atoms with Crippen LogP contribution in [0.1, 0.15) is 31.4 Å². The van der Waals surface area contributed by atoms with Gasteiger partial charge >= 0.3 is 0 Å². The molecule has 0 saturated carbocycles. The van der Waals surface area contributed by atoms with Crippen LogP contribution in [0.2, 0.25) is 0 Å². The van der Waals surface area contributed by atoms with Crippen molar-refractivity contribution in [2.24, 2.45) is 0 Å². The Labute approximate surface area is 102 Å². The minimum absolute atomic E-state index is 0.832. The van der Waals surface area contributed by atoms with Crippen LogP contribution in [0.5, 0.6) is 0 Å². The van der Waals surface area contributed by atoms with E-state index in [9.17, 15) is 0 Å². The number of unbranched alkanes of at least 4 members (excludes halogenated alkanes) is 3. The van der Waals surface area contributed by atoms with E-state index in [0.29, 0.717) is 0 Å². The van der Waals surface area contributed by atoms with Crippen molar-refractivity contribution >= 4 is 11.8 Å². The predicted molar refractivity (Wildman–Crippen MR) is 70.6 cm³/mol. The number of hydrogen-bond donors (Lipinski definition) is 1. The number of hydrogen-bond acceptors (Lipinski definition) is 4. The van der Waals surface area contributed by atoms with Crippen LogP contribution in [0.15, 0.2) is 18.6 Å². The van der Waals surface area contributed by atoms with Crippen molar-refractivity contribution in [1.29, 1.82) is 0 Å². The smallest absolute Gasteiger partial charge is 0.0724 e. The van der Waals surface area contributed by atoms with Crippen molar-refractivity contribution in [2.75, 3.05) is 18.6 Å². The standard InChI is InChI=1S/C12H21N3S/c1-16-9-5-3-2-4-6-13-10-12-11-14-7-8-15-12/h7-8,11,13H,2-6,9-10H2,1H3. The Morgan fingerprint density at radius 3 is 2.81 bits per heavy atom. The molecule has 0 aliphatic carbocycles. The van der Waals surface area contributed by atoms with Gasteiger partial charge in [0.05, 0.1) is 5.69 Å². The number of thioether (sulfide) groups is 1. The summed E-state index contributed by atoms with van der Waals surface area (Å²) in [6.45, 7) is 1.91. The fourth-order valence-electron chi connectivity index (χ4n) is 1.49. The van der Waals surface area contributed by atoms with Crippen LogP contribution >= 0.6 is 11.8 Å². The van der Waals surface area contributed by atoms with Crippen LogP contribution in [-0.2, 0) is 6.54 Å². The van der Waals surface area contributed by atoms with Gasteiger partial charge in [-0.25, -0.2) is 0 Å². The van der Waals surface area contributed by atoms with Gasteiger partial charge in [-0.05, 0) is 31.4 Å². The molecule has 0 unspecified atom stereocenters. The lowest BCUT2D eigenvalue weighted by Gasteiger charge is -2.03. The van der Waals surface area contributed by atoms with Crippen LogP contribution in [0.3, 0.4) is 0 Å². The summed E-state index contributed by atoms with van der Waals surface area (Å²) in [6.07, 6.45) is 12.7. The molecule has 0 aliphatic rings. The third kappa shape index (κ3) is 6.80. The Bertz CT molecular complexity index is 254. The summed E-state index contributed by atoms with van der Waals surface area (Å²) in [5.74, 6) is 1.30. The van der Waals surface area contributed by atoms with Crippen molar-refractivity contribution in [2.45, 2.75) is 32.2 Å². The van der Waals surface area contributed by atoms with E-state index in [-0.39, 0.29) is 0 Å².